The van der Waals surface area contributed by atoms with Gasteiger partial charge in [0.25, 0.3) is 0 Å². The van der Waals surface area contributed by atoms with Gasteiger partial charge in [-0.3, -0.25) is 4.99 Å². The molecule has 0 unspecified atom stereocenters. The predicted octanol–water partition coefficient (Wildman–Crippen LogP) is 3.63. The Hall–Kier alpha value is -1.48. The third kappa shape index (κ3) is 2.76. The number of aromatic nitrogens is 1. The van der Waals surface area contributed by atoms with E-state index < -0.39 is 0 Å². The lowest BCUT2D eigenvalue weighted by atomic mass is 10.1. The maximum atomic E-state index is 4.50. The van der Waals surface area contributed by atoms with Crippen molar-refractivity contribution in [2.45, 2.75) is 19.9 Å². The average molecular weight is 230 g/mol. The lowest BCUT2D eigenvalue weighted by molar-refractivity contribution is 0.825. The summed E-state index contributed by atoms with van der Waals surface area (Å²) in [4.78, 5) is 8.85. The van der Waals surface area contributed by atoms with Gasteiger partial charge >= 0.3 is 0 Å². The van der Waals surface area contributed by atoms with Gasteiger partial charge in [0.2, 0.25) is 0 Å². The number of nitrogens with zero attached hydrogens (tertiary/aromatic N) is 2. The minimum Gasteiger partial charge on any atom is -0.282 e. The minimum absolute atomic E-state index is 0.186. The summed E-state index contributed by atoms with van der Waals surface area (Å²) in [5, 5.41) is 3.01. The first kappa shape index (κ1) is 11.0. The third-order valence-electron chi connectivity index (χ3n) is 2.33. The van der Waals surface area contributed by atoms with Crippen LogP contribution in [0.15, 0.2) is 40.7 Å². The van der Waals surface area contributed by atoms with Crippen LogP contribution in [0.4, 0.5) is 0 Å². The van der Waals surface area contributed by atoms with Gasteiger partial charge in [-0.2, -0.15) is 0 Å². The molecule has 0 amide bonds. The van der Waals surface area contributed by atoms with E-state index in [9.17, 15) is 0 Å². The molecule has 16 heavy (non-hydrogen) atoms. The fourth-order valence-corrected chi connectivity index (χ4v) is 2.09. The first-order valence-electron chi connectivity index (χ1n) is 5.26. The molecule has 1 atom stereocenters. The Kier molecular flexibility index (Phi) is 3.47. The zero-order valence-electron chi connectivity index (χ0n) is 9.42. The molecule has 1 aromatic heterocycles. The highest BCUT2D eigenvalue weighted by Crippen LogP contribution is 2.16. The molecule has 0 radical (unpaired) electrons. The highest BCUT2D eigenvalue weighted by Gasteiger charge is 2.01. The maximum absolute atomic E-state index is 4.50. The van der Waals surface area contributed by atoms with Gasteiger partial charge in [0.15, 0.2) is 0 Å². The van der Waals surface area contributed by atoms with Gasteiger partial charge in [-0.15, -0.1) is 11.3 Å². The van der Waals surface area contributed by atoms with E-state index in [0.29, 0.717) is 0 Å². The number of aliphatic imine (C=N–C) groups is 1. The smallest absolute Gasteiger partial charge is 0.134 e. The van der Waals surface area contributed by atoms with Crippen LogP contribution in [0.1, 0.15) is 29.2 Å². The molecule has 3 heteroatoms. The van der Waals surface area contributed by atoms with Gasteiger partial charge in [-0.05, 0) is 19.4 Å². The van der Waals surface area contributed by atoms with Crippen molar-refractivity contribution in [2.75, 3.05) is 0 Å². The van der Waals surface area contributed by atoms with Crippen LogP contribution in [0.3, 0.4) is 0 Å². The second-order valence-corrected chi connectivity index (χ2v) is 4.58. The quantitative estimate of drug-likeness (QED) is 0.739. The summed E-state index contributed by atoms with van der Waals surface area (Å²) >= 11 is 1.63. The van der Waals surface area contributed by atoms with Crippen LogP contribution in [-0.4, -0.2) is 11.2 Å². The van der Waals surface area contributed by atoms with Crippen LogP contribution in [0, 0.1) is 6.92 Å². The summed E-state index contributed by atoms with van der Waals surface area (Å²) < 4.78 is 0. The molecule has 0 bridgehead atoms. The Balaban J connectivity index is 2.08. The van der Waals surface area contributed by atoms with E-state index in [0.717, 1.165) is 10.7 Å². The van der Waals surface area contributed by atoms with Crippen LogP contribution >= 0.6 is 11.3 Å². The van der Waals surface area contributed by atoms with Gasteiger partial charge in [0.1, 0.15) is 5.01 Å². The summed E-state index contributed by atoms with van der Waals surface area (Å²) in [6.07, 6.45) is 1.86. The minimum atomic E-state index is 0.186. The Morgan fingerprint density at radius 1 is 1.31 bits per heavy atom. The molecular weight excluding hydrogens is 216 g/mol. The van der Waals surface area contributed by atoms with Crippen LogP contribution in [0.25, 0.3) is 0 Å². The Morgan fingerprint density at radius 3 is 2.69 bits per heavy atom. The standard InChI is InChI=1S/C13H14N2S/c1-10-9-16-13(15-10)8-14-11(2)12-6-4-3-5-7-12/h3-9,11H,1-2H3/t11-/m1/s1. The van der Waals surface area contributed by atoms with Crippen molar-refractivity contribution < 1.29 is 0 Å². The van der Waals surface area contributed by atoms with Crippen molar-refractivity contribution in [3.05, 3.63) is 52.0 Å². The number of rotatable bonds is 3. The van der Waals surface area contributed by atoms with Gasteiger partial charge < -0.3 is 0 Å². The first-order valence-corrected chi connectivity index (χ1v) is 6.14. The van der Waals surface area contributed by atoms with Crippen molar-refractivity contribution in [3.63, 3.8) is 0 Å². The lowest BCUT2D eigenvalue weighted by Gasteiger charge is -2.04. The van der Waals surface area contributed by atoms with Gasteiger partial charge in [0, 0.05) is 11.1 Å². The second kappa shape index (κ2) is 5.03. The molecule has 0 N–H and O–H groups in total. The SMILES string of the molecule is Cc1csc(C=N[C@H](C)c2ccccc2)n1. The molecule has 0 saturated heterocycles. The van der Waals surface area contributed by atoms with Crippen molar-refractivity contribution in [1.29, 1.82) is 0 Å². The highest BCUT2D eigenvalue weighted by molar-refractivity contribution is 7.11. The predicted molar refractivity (Wildman–Crippen MR) is 69.3 cm³/mol. The van der Waals surface area contributed by atoms with Crippen molar-refractivity contribution in [2.24, 2.45) is 4.99 Å². The molecular formula is C13H14N2S. The molecule has 0 aliphatic carbocycles. The van der Waals surface area contributed by atoms with Gasteiger partial charge in [-0.1, -0.05) is 30.3 Å². The molecule has 0 fully saturated rings. The first-order chi connectivity index (χ1) is 7.75. The van der Waals surface area contributed by atoms with E-state index in [4.69, 9.17) is 0 Å². The molecule has 2 rings (SSSR count). The molecule has 0 saturated carbocycles. The Morgan fingerprint density at radius 2 is 2.06 bits per heavy atom. The zero-order chi connectivity index (χ0) is 11.4. The van der Waals surface area contributed by atoms with Crippen molar-refractivity contribution >= 4 is 17.6 Å². The maximum Gasteiger partial charge on any atom is 0.134 e. The fourth-order valence-electron chi connectivity index (χ4n) is 1.42. The van der Waals surface area contributed by atoms with Gasteiger partial charge in [0.05, 0.1) is 12.3 Å². The summed E-state index contributed by atoms with van der Waals surface area (Å²) in [7, 11) is 0. The molecule has 82 valence electrons. The summed E-state index contributed by atoms with van der Waals surface area (Å²) in [6.45, 7) is 4.08. The van der Waals surface area contributed by atoms with E-state index >= 15 is 0 Å². The summed E-state index contributed by atoms with van der Waals surface area (Å²) in [5.74, 6) is 0. The lowest BCUT2D eigenvalue weighted by Crippen LogP contribution is -1.90. The number of benzene rings is 1. The van der Waals surface area contributed by atoms with Crippen LogP contribution in [0.5, 0.6) is 0 Å². The number of thiazole rings is 1. The van der Waals surface area contributed by atoms with Crippen molar-refractivity contribution in [1.82, 2.24) is 4.98 Å². The molecule has 0 aliphatic heterocycles. The molecule has 0 spiro atoms. The van der Waals surface area contributed by atoms with Crippen LogP contribution in [-0.2, 0) is 0 Å². The van der Waals surface area contributed by atoms with E-state index in [1.165, 1.54) is 5.56 Å². The fraction of sp³-hybridized carbons (Fsp3) is 0.231. The highest BCUT2D eigenvalue weighted by atomic mass is 32.1. The summed E-state index contributed by atoms with van der Waals surface area (Å²) in [6, 6.07) is 10.5. The molecule has 0 aliphatic rings. The monoisotopic (exact) mass is 230 g/mol. The van der Waals surface area contributed by atoms with E-state index in [-0.39, 0.29) is 6.04 Å². The number of hydrogen-bond acceptors (Lipinski definition) is 3. The zero-order valence-corrected chi connectivity index (χ0v) is 10.2. The van der Waals surface area contributed by atoms with E-state index in [1.807, 2.05) is 36.7 Å². The summed E-state index contributed by atoms with van der Waals surface area (Å²) in [5.41, 5.74) is 2.28. The second-order valence-electron chi connectivity index (χ2n) is 3.69. The van der Waals surface area contributed by atoms with E-state index in [1.54, 1.807) is 11.3 Å². The van der Waals surface area contributed by atoms with E-state index in [2.05, 4.69) is 29.0 Å². The average Bonchev–Trinajstić information content (AvgIpc) is 2.73. The van der Waals surface area contributed by atoms with Crippen LogP contribution in [0.2, 0.25) is 0 Å². The topological polar surface area (TPSA) is 25.2 Å². The largest absolute Gasteiger partial charge is 0.282 e. The molecule has 1 heterocycles. The van der Waals surface area contributed by atoms with Crippen molar-refractivity contribution in [3.8, 4) is 0 Å². The normalized spacial score (nSPS) is 13.1. The Labute approximate surface area is 99.7 Å². The Bertz CT molecular complexity index is 474. The van der Waals surface area contributed by atoms with Gasteiger partial charge in [-0.25, -0.2) is 4.98 Å². The molecule has 2 nitrogen and oxygen atoms in total. The molecule has 1 aromatic carbocycles. The number of aryl methyl sites for hydroxylation is 1. The molecule has 2 aromatic rings. The number of hydrogen-bond donors (Lipinski definition) is 0. The third-order valence-corrected chi connectivity index (χ3v) is 3.22. The van der Waals surface area contributed by atoms with Crippen LogP contribution < -0.4 is 0 Å².